The van der Waals surface area contributed by atoms with E-state index in [1.165, 1.54) is 0 Å². The molecule has 0 spiro atoms. The van der Waals surface area contributed by atoms with Gasteiger partial charge in [-0.25, -0.2) is 0 Å². The fourth-order valence-corrected chi connectivity index (χ4v) is 4.03. The number of hydrogen-bond donors (Lipinski definition) is 1. The van der Waals surface area contributed by atoms with Crippen LogP contribution in [-0.2, 0) is 9.63 Å². The molecule has 0 heterocycles. The zero-order valence-electron chi connectivity index (χ0n) is 21.9. The largest absolute Gasteiger partial charge is 0.390 e. The second kappa shape index (κ2) is 11.0. The van der Waals surface area contributed by atoms with Gasteiger partial charge in [-0.2, -0.15) is 0 Å². The molecular formula is C24H48N2O2S2. The molecule has 30 heavy (non-hydrogen) atoms. The molecule has 0 bridgehead atoms. The Morgan fingerprint density at radius 2 is 1.30 bits per heavy atom. The first-order valence-corrected chi connectivity index (χ1v) is 12.9. The van der Waals surface area contributed by atoms with Gasteiger partial charge in [0.05, 0.1) is 5.71 Å². The number of nitrogens with one attached hydrogen (secondary N) is 1. The maximum absolute atomic E-state index is 12.7. The smallest absolute Gasteiger partial charge is 0.226 e. The minimum Gasteiger partial charge on any atom is -0.390 e. The molecule has 0 aliphatic heterocycles. The lowest BCUT2D eigenvalue weighted by molar-refractivity contribution is -0.131. The Hall–Kier alpha value is -0.360. The average molecular weight is 461 g/mol. The first-order valence-electron chi connectivity index (χ1n) is 11.0. The molecular weight excluding hydrogens is 412 g/mol. The van der Waals surface area contributed by atoms with Crippen LogP contribution in [0.3, 0.4) is 0 Å². The topological polar surface area (TPSA) is 50.7 Å². The summed E-state index contributed by atoms with van der Waals surface area (Å²) in [5.74, 6) is 1.82. The van der Waals surface area contributed by atoms with Gasteiger partial charge in [-0.3, -0.25) is 4.79 Å². The van der Waals surface area contributed by atoms with Gasteiger partial charge in [-0.1, -0.05) is 53.6 Å². The number of thioether (sulfide) groups is 2. The van der Waals surface area contributed by atoms with Crippen molar-refractivity contribution in [1.82, 2.24) is 5.32 Å². The van der Waals surface area contributed by atoms with Gasteiger partial charge in [0.25, 0.3) is 0 Å². The summed E-state index contributed by atoms with van der Waals surface area (Å²) in [5, 5.41) is 7.61. The first-order chi connectivity index (χ1) is 13.1. The van der Waals surface area contributed by atoms with Gasteiger partial charge in [0.15, 0.2) is 0 Å². The third kappa shape index (κ3) is 15.4. The lowest BCUT2D eigenvalue weighted by Gasteiger charge is -2.33. The summed E-state index contributed by atoms with van der Waals surface area (Å²) >= 11 is 3.79. The highest BCUT2D eigenvalue weighted by atomic mass is 32.2. The van der Waals surface area contributed by atoms with Crippen molar-refractivity contribution < 1.29 is 9.63 Å². The van der Waals surface area contributed by atoms with Crippen LogP contribution >= 0.6 is 23.5 Å². The van der Waals surface area contributed by atoms with E-state index in [9.17, 15) is 4.79 Å². The lowest BCUT2D eigenvalue weighted by atomic mass is 9.83. The number of rotatable bonds is 10. The Morgan fingerprint density at radius 1 is 0.800 bits per heavy atom. The Balaban J connectivity index is 4.96. The van der Waals surface area contributed by atoms with Crippen molar-refractivity contribution in [1.29, 1.82) is 0 Å². The highest BCUT2D eigenvalue weighted by molar-refractivity contribution is 8.02. The van der Waals surface area contributed by atoms with Crippen molar-refractivity contribution in [3.05, 3.63) is 0 Å². The minimum atomic E-state index is -0.389. The third-order valence-corrected chi connectivity index (χ3v) is 7.01. The summed E-state index contributed by atoms with van der Waals surface area (Å²) < 4.78 is 0.237. The van der Waals surface area contributed by atoms with E-state index in [-0.39, 0.29) is 32.0 Å². The van der Waals surface area contributed by atoms with Gasteiger partial charge in [-0.05, 0) is 54.4 Å². The average Bonchev–Trinajstić information content (AvgIpc) is 2.49. The van der Waals surface area contributed by atoms with Crippen molar-refractivity contribution in [2.75, 3.05) is 11.5 Å². The lowest BCUT2D eigenvalue weighted by Crippen LogP contribution is -2.47. The first kappa shape index (κ1) is 29.6. The Morgan fingerprint density at radius 3 is 1.73 bits per heavy atom. The molecule has 0 aromatic heterocycles. The van der Waals surface area contributed by atoms with Crippen LogP contribution in [0.15, 0.2) is 5.16 Å². The van der Waals surface area contributed by atoms with E-state index in [2.05, 4.69) is 45.1 Å². The standard InChI is InChI=1S/C24H48N2O2S2/c1-20(2,3)25-19(27)23(10,11)14-15-24(12,13)30-17-18(16-29-22(7,8)9)26-28-21(4,5)6/h14-17H2,1-13H3,(H,25,27)/b26-18-. The molecule has 0 aliphatic carbocycles. The van der Waals surface area contributed by atoms with Crippen molar-refractivity contribution in [3.63, 3.8) is 0 Å². The van der Waals surface area contributed by atoms with Crippen molar-refractivity contribution in [2.24, 2.45) is 10.6 Å². The summed E-state index contributed by atoms with van der Waals surface area (Å²) in [6.45, 7) is 27.4. The Labute approximate surface area is 195 Å². The number of oxime groups is 1. The summed E-state index contributed by atoms with van der Waals surface area (Å²) in [4.78, 5) is 18.4. The monoisotopic (exact) mass is 460 g/mol. The maximum atomic E-state index is 12.7. The predicted octanol–water partition coefficient (Wildman–Crippen LogP) is 6.92. The van der Waals surface area contributed by atoms with Gasteiger partial charge < -0.3 is 10.2 Å². The molecule has 0 radical (unpaired) electrons. The van der Waals surface area contributed by atoms with Gasteiger partial charge in [0.1, 0.15) is 5.60 Å². The van der Waals surface area contributed by atoms with Crippen LogP contribution in [0.2, 0.25) is 0 Å². The highest BCUT2D eigenvalue weighted by Gasteiger charge is 2.32. The van der Waals surface area contributed by atoms with Gasteiger partial charge >= 0.3 is 0 Å². The predicted molar refractivity (Wildman–Crippen MR) is 138 cm³/mol. The molecule has 0 aromatic rings. The molecule has 178 valence electrons. The van der Waals surface area contributed by atoms with Crippen molar-refractivity contribution in [2.45, 2.75) is 123 Å². The van der Waals surface area contributed by atoms with Crippen LogP contribution in [0, 0.1) is 5.41 Å². The summed E-state index contributed by atoms with van der Waals surface area (Å²) in [7, 11) is 0. The second-order valence-electron chi connectivity index (χ2n) is 12.4. The fourth-order valence-electron chi connectivity index (χ4n) is 2.18. The molecule has 1 N–H and O–H groups in total. The van der Waals surface area contributed by atoms with E-state index in [0.29, 0.717) is 0 Å². The maximum Gasteiger partial charge on any atom is 0.226 e. The van der Waals surface area contributed by atoms with Gasteiger partial charge in [-0.15, -0.1) is 23.5 Å². The number of carbonyl (C=O) groups excluding carboxylic acids is 1. The molecule has 4 nitrogen and oxygen atoms in total. The van der Waals surface area contributed by atoms with Crippen LogP contribution in [0.4, 0.5) is 0 Å². The van der Waals surface area contributed by atoms with Crippen LogP contribution < -0.4 is 5.32 Å². The summed E-state index contributed by atoms with van der Waals surface area (Å²) in [6, 6.07) is 0. The number of carbonyl (C=O) groups is 1. The Bertz CT molecular complexity index is 577. The van der Waals surface area contributed by atoms with Crippen LogP contribution in [0.25, 0.3) is 0 Å². The normalized spacial score (nSPS) is 14.6. The summed E-state index contributed by atoms with van der Waals surface area (Å²) in [6.07, 6.45) is 1.80. The fraction of sp³-hybridized carbons (Fsp3) is 0.917. The molecule has 0 saturated heterocycles. The third-order valence-electron chi connectivity index (χ3n) is 4.21. The molecule has 0 aliphatic rings. The molecule has 0 fully saturated rings. The van der Waals surface area contributed by atoms with Crippen LogP contribution in [0.5, 0.6) is 0 Å². The second-order valence-corrected chi connectivity index (χ2v) is 15.9. The van der Waals surface area contributed by atoms with Crippen molar-refractivity contribution >= 4 is 35.1 Å². The van der Waals surface area contributed by atoms with E-state index in [1.54, 1.807) is 0 Å². The van der Waals surface area contributed by atoms with E-state index in [4.69, 9.17) is 4.84 Å². The Kier molecular flexibility index (Phi) is 10.8. The van der Waals surface area contributed by atoms with E-state index >= 15 is 0 Å². The van der Waals surface area contributed by atoms with E-state index in [0.717, 1.165) is 30.1 Å². The van der Waals surface area contributed by atoms with Gasteiger partial charge in [0, 0.05) is 32.0 Å². The van der Waals surface area contributed by atoms with Crippen molar-refractivity contribution in [3.8, 4) is 0 Å². The SMILES string of the molecule is CC(C)(C)NC(=O)C(C)(C)CCC(C)(C)SC/C(CSC(C)(C)C)=N\OC(C)(C)C. The number of amides is 1. The van der Waals surface area contributed by atoms with Crippen LogP contribution in [0.1, 0.15) is 103 Å². The summed E-state index contributed by atoms with van der Waals surface area (Å²) in [5.41, 5.74) is 0.191. The zero-order valence-corrected chi connectivity index (χ0v) is 23.5. The zero-order chi connectivity index (χ0) is 24.0. The number of nitrogens with zero attached hydrogens (tertiary/aromatic N) is 1. The van der Waals surface area contributed by atoms with Gasteiger partial charge in [0.2, 0.25) is 5.91 Å². The molecule has 1 amide bonds. The molecule has 0 aromatic carbocycles. The highest BCUT2D eigenvalue weighted by Crippen LogP contribution is 2.35. The van der Waals surface area contributed by atoms with E-state index < -0.39 is 0 Å². The minimum absolute atomic E-state index is 0.0498. The molecule has 0 atom stereocenters. The molecule has 0 rings (SSSR count). The molecule has 0 unspecified atom stereocenters. The molecule has 0 saturated carbocycles. The van der Waals surface area contributed by atoms with Crippen LogP contribution in [-0.4, -0.2) is 43.8 Å². The number of hydrogen-bond acceptors (Lipinski definition) is 5. The molecule has 6 heteroatoms. The quantitative estimate of drug-likeness (QED) is 0.284. The van der Waals surface area contributed by atoms with E-state index in [1.807, 2.05) is 78.9 Å².